The first-order valence-corrected chi connectivity index (χ1v) is 8.87. The Morgan fingerprint density at radius 3 is 2.90 bits per heavy atom. The monoisotopic (exact) mass is 377 g/mol. The second-order valence-electron chi connectivity index (χ2n) is 3.78. The molecular formula is C10H12BrN5O2S2. The fraction of sp³-hybridized carbons (Fsp3) is 0.300. The maximum Gasteiger partial charge on any atom is 0.267 e. The summed E-state index contributed by atoms with van der Waals surface area (Å²) in [6.45, 7) is 2.62. The van der Waals surface area contributed by atoms with E-state index in [0.717, 1.165) is 17.8 Å². The van der Waals surface area contributed by atoms with Crippen molar-refractivity contribution in [2.45, 2.75) is 18.2 Å². The van der Waals surface area contributed by atoms with E-state index in [-0.39, 0.29) is 10.0 Å². The lowest BCUT2D eigenvalue weighted by atomic mass is 10.4. The average Bonchev–Trinajstić information content (AvgIpc) is 2.89. The molecule has 2 aromatic rings. The first kappa shape index (κ1) is 15.1. The van der Waals surface area contributed by atoms with Crippen LogP contribution in [-0.4, -0.2) is 30.1 Å². The van der Waals surface area contributed by atoms with Crippen molar-refractivity contribution in [1.29, 1.82) is 0 Å². The van der Waals surface area contributed by atoms with E-state index in [4.69, 9.17) is 0 Å². The summed E-state index contributed by atoms with van der Waals surface area (Å²) in [6, 6.07) is 1.49. The highest BCUT2D eigenvalue weighted by Gasteiger charge is 2.21. The Hall–Kier alpha value is -1.26. The minimum absolute atomic E-state index is 0.0653. The Labute approximate surface area is 129 Å². The van der Waals surface area contributed by atoms with Crippen molar-refractivity contribution in [3.05, 3.63) is 22.2 Å². The fourth-order valence-electron chi connectivity index (χ4n) is 1.39. The van der Waals surface area contributed by atoms with Crippen molar-refractivity contribution in [2.24, 2.45) is 0 Å². The molecule has 0 spiro atoms. The molecule has 2 N–H and O–H groups in total. The highest BCUT2D eigenvalue weighted by Crippen LogP contribution is 2.25. The Bertz CT molecular complexity index is 675. The zero-order valence-electron chi connectivity index (χ0n) is 10.5. The van der Waals surface area contributed by atoms with Crippen LogP contribution in [0.3, 0.4) is 0 Å². The van der Waals surface area contributed by atoms with Crippen LogP contribution in [-0.2, 0) is 10.0 Å². The van der Waals surface area contributed by atoms with Gasteiger partial charge in [-0.3, -0.25) is 4.72 Å². The van der Waals surface area contributed by atoms with Gasteiger partial charge in [0.1, 0.15) is 16.2 Å². The standard InChI is InChI=1S/C10H12BrN5O2S2/c1-2-3-12-9-8(4-7(11)5-13-9)20(17,18)16-10-15-14-6-19-10/h4-6H,2-3H2,1H3,(H,12,13)(H,15,16). The molecule has 20 heavy (non-hydrogen) atoms. The second kappa shape index (κ2) is 6.46. The number of anilines is 2. The van der Waals surface area contributed by atoms with Gasteiger partial charge in [0.05, 0.1) is 0 Å². The molecule has 108 valence electrons. The van der Waals surface area contributed by atoms with Gasteiger partial charge in [-0.2, -0.15) is 0 Å². The van der Waals surface area contributed by atoms with Crippen molar-refractivity contribution in [1.82, 2.24) is 15.2 Å². The van der Waals surface area contributed by atoms with Crippen LogP contribution in [0.5, 0.6) is 0 Å². The van der Waals surface area contributed by atoms with Gasteiger partial charge in [-0.1, -0.05) is 18.3 Å². The third-order valence-electron chi connectivity index (χ3n) is 2.23. The summed E-state index contributed by atoms with van der Waals surface area (Å²) >= 11 is 4.33. The molecule has 0 aliphatic carbocycles. The zero-order valence-corrected chi connectivity index (χ0v) is 13.7. The van der Waals surface area contributed by atoms with Crippen LogP contribution in [0.1, 0.15) is 13.3 Å². The van der Waals surface area contributed by atoms with Gasteiger partial charge in [-0.05, 0) is 28.4 Å². The van der Waals surface area contributed by atoms with Crippen LogP contribution in [0.4, 0.5) is 10.9 Å². The van der Waals surface area contributed by atoms with Gasteiger partial charge in [0.25, 0.3) is 10.0 Å². The Morgan fingerprint density at radius 1 is 1.45 bits per heavy atom. The second-order valence-corrected chi connectivity index (χ2v) is 7.18. The summed E-state index contributed by atoms with van der Waals surface area (Å²) in [7, 11) is -3.76. The molecule has 0 amide bonds. The predicted molar refractivity (Wildman–Crippen MR) is 81.4 cm³/mol. The molecule has 0 aliphatic rings. The van der Waals surface area contributed by atoms with E-state index < -0.39 is 10.0 Å². The van der Waals surface area contributed by atoms with Crippen LogP contribution < -0.4 is 10.0 Å². The molecule has 0 unspecified atom stereocenters. The highest BCUT2D eigenvalue weighted by atomic mass is 79.9. The Balaban J connectivity index is 2.36. The molecule has 0 bridgehead atoms. The molecular weight excluding hydrogens is 366 g/mol. The fourth-order valence-corrected chi connectivity index (χ4v) is 3.72. The van der Waals surface area contributed by atoms with Crippen molar-refractivity contribution in [3.8, 4) is 0 Å². The number of halogens is 1. The van der Waals surface area contributed by atoms with Crippen LogP contribution in [0.25, 0.3) is 0 Å². The normalized spacial score (nSPS) is 11.3. The summed E-state index contributed by atoms with van der Waals surface area (Å²) in [5.74, 6) is 0.312. The Morgan fingerprint density at radius 2 is 2.25 bits per heavy atom. The summed E-state index contributed by atoms with van der Waals surface area (Å²) in [4.78, 5) is 4.17. The molecule has 0 aliphatic heterocycles. The first-order chi connectivity index (χ1) is 9.53. The summed E-state index contributed by atoms with van der Waals surface area (Å²) in [6.07, 6.45) is 2.41. The number of nitrogens with zero attached hydrogens (tertiary/aromatic N) is 3. The predicted octanol–water partition coefficient (Wildman–Crippen LogP) is 2.32. The van der Waals surface area contributed by atoms with Gasteiger partial charge >= 0.3 is 0 Å². The van der Waals surface area contributed by atoms with E-state index in [2.05, 4.69) is 41.2 Å². The molecule has 0 fully saturated rings. The number of pyridine rings is 1. The van der Waals surface area contributed by atoms with Gasteiger partial charge in [-0.15, -0.1) is 10.2 Å². The minimum Gasteiger partial charge on any atom is -0.369 e. The third kappa shape index (κ3) is 3.64. The van der Waals surface area contributed by atoms with Crippen molar-refractivity contribution in [2.75, 3.05) is 16.6 Å². The molecule has 2 rings (SSSR count). The van der Waals surface area contributed by atoms with Gasteiger partial charge in [-0.25, -0.2) is 13.4 Å². The Kier molecular flexibility index (Phi) is 4.89. The summed E-state index contributed by atoms with van der Waals surface area (Å²) < 4.78 is 27.7. The maximum absolute atomic E-state index is 12.4. The SMILES string of the molecule is CCCNc1ncc(Br)cc1S(=O)(=O)Nc1nncs1. The van der Waals surface area contributed by atoms with E-state index in [1.165, 1.54) is 11.6 Å². The van der Waals surface area contributed by atoms with Crippen molar-refractivity contribution < 1.29 is 8.42 Å². The first-order valence-electron chi connectivity index (χ1n) is 5.71. The van der Waals surface area contributed by atoms with E-state index in [0.29, 0.717) is 16.8 Å². The highest BCUT2D eigenvalue weighted by molar-refractivity contribution is 9.10. The van der Waals surface area contributed by atoms with Gasteiger partial charge in [0.2, 0.25) is 5.13 Å². The summed E-state index contributed by atoms with van der Waals surface area (Å²) in [5.41, 5.74) is 1.45. The van der Waals surface area contributed by atoms with Gasteiger partial charge in [0.15, 0.2) is 0 Å². The molecule has 0 aromatic carbocycles. The average molecular weight is 378 g/mol. The molecule has 0 saturated carbocycles. The van der Waals surface area contributed by atoms with Crippen LogP contribution in [0.15, 0.2) is 27.1 Å². The number of nitrogens with one attached hydrogen (secondary N) is 2. The molecule has 2 aromatic heterocycles. The van der Waals surface area contributed by atoms with Gasteiger partial charge < -0.3 is 5.32 Å². The van der Waals surface area contributed by atoms with Crippen molar-refractivity contribution in [3.63, 3.8) is 0 Å². The lowest BCUT2D eigenvalue weighted by Gasteiger charge is -2.11. The lowest BCUT2D eigenvalue weighted by molar-refractivity contribution is 0.601. The van der Waals surface area contributed by atoms with Crippen LogP contribution in [0, 0.1) is 0 Å². The van der Waals surface area contributed by atoms with Crippen molar-refractivity contribution >= 4 is 48.2 Å². The molecule has 0 radical (unpaired) electrons. The quantitative estimate of drug-likeness (QED) is 0.801. The van der Waals surface area contributed by atoms with E-state index in [1.807, 2.05) is 6.92 Å². The topological polar surface area (TPSA) is 96.9 Å². The number of rotatable bonds is 6. The van der Waals surface area contributed by atoms with Crippen LogP contribution in [0.2, 0.25) is 0 Å². The molecule has 10 heteroatoms. The van der Waals surface area contributed by atoms with Gasteiger partial charge in [0, 0.05) is 17.2 Å². The molecule has 0 atom stereocenters. The maximum atomic E-state index is 12.4. The molecule has 7 nitrogen and oxygen atoms in total. The number of hydrogen-bond donors (Lipinski definition) is 2. The number of aromatic nitrogens is 3. The molecule has 2 heterocycles. The largest absolute Gasteiger partial charge is 0.369 e. The lowest BCUT2D eigenvalue weighted by Crippen LogP contribution is -2.16. The number of hydrogen-bond acceptors (Lipinski definition) is 7. The van der Waals surface area contributed by atoms with E-state index in [9.17, 15) is 8.42 Å². The molecule has 0 saturated heterocycles. The van der Waals surface area contributed by atoms with E-state index in [1.54, 1.807) is 6.20 Å². The minimum atomic E-state index is -3.76. The van der Waals surface area contributed by atoms with Crippen LogP contribution >= 0.6 is 27.3 Å². The zero-order chi connectivity index (χ0) is 14.6. The number of sulfonamides is 1. The smallest absolute Gasteiger partial charge is 0.267 e. The third-order valence-corrected chi connectivity index (χ3v) is 4.75. The summed E-state index contributed by atoms with van der Waals surface area (Å²) in [5, 5.41) is 10.5. The van der Waals surface area contributed by atoms with E-state index >= 15 is 0 Å².